The Morgan fingerprint density at radius 3 is 2.52 bits per heavy atom. The minimum Gasteiger partial charge on any atom is -0.354 e. The molecule has 7 heteroatoms. The third kappa shape index (κ3) is 5.92. The molecule has 0 spiro atoms. The number of aromatic nitrogens is 2. The lowest BCUT2D eigenvalue weighted by atomic mass is 10.0. The van der Waals surface area contributed by atoms with Crippen LogP contribution >= 0.6 is 15.9 Å². The number of benzene rings is 1. The molecule has 0 aliphatic rings. The average molecular weight is 435 g/mol. The summed E-state index contributed by atoms with van der Waals surface area (Å²) in [6, 6.07) is 8.61. The number of carbonyl (C=O) groups is 2. The maximum absolute atomic E-state index is 12.6. The summed E-state index contributed by atoms with van der Waals surface area (Å²) in [5.74, 6) is -0.454. The van der Waals surface area contributed by atoms with Crippen molar-refractivity contribution >= 4 is 27.7 Å². The Morgan fingerprint density at radius 2 is 1.93 bits per heavy atom. The van der Waals surface area contributed by atoms with Gasteiger partial charge in [-0.1, -0.05) is 26.0 Å². The Balaban J connectivity index is 1.88. The summed E-state index contributed by atoms with van der Waals surface area (Å²) in [7, 11) is 0. The van der Waals surface area contributed by atoms with Crippen LogP contribution in [0.2, 0.25) is 0 Å². The molecule has 0 aliphatic heterocycles. The van der Waals surface area contributed by atoms with E-state index in [9.17, 15) is 9.59 Å². The fraction of sp³-hybridized carbons (Fsp3) is 0.450. The Kier molecular flexibility index (Phi) is 7.59. The summed E-state index contributed by atoms with van der Waals surface area (Å²) >= 11 is 3.37. The first kappa shape index (κ1) is 21.2. The first-order valence-electron chi connectivity index (χ1n) is 9.13. The fourth-order valence-electron chi connectivity index (χ4n) is 2.85. The van der Waals surface area contributed by atoms with Crippen LogP contribution in [0.4, 0.5) is 0 Å². The molecule has 0 radical (unpaired) electrons. The third-order valence-electron chi connectivity index (χ3n) is 4.30. The molecule has 0 saturated heterocycles. The number of aryl methyl sites for hydroxylation is 3. The summed E-state index contributed by atoms with van der Waals surface area (Å²) in [5.41, 5.74) is 2.62. The minimum atomic E-state index is -0.585. The number of hydrogen-bond donors (Lipinski definition) is 2. The molecule has 2 rings (SSSR count). The first-order chi connectivity index (χ1) is 12.8. The maximum Gasteiger partial charge on any atom is 0.253 e. The van der Waals surface area contributed by atoms with Crippen LogP contribution in [0.25, 0.3) is 0 Å². The van der Waals surface area contributed by atoms with E-state index in [-0.39, 0.29) is 17.7 Å². The fourth-order valence-corrected chi connectivity index (χ4v) is 3.32. The van der Waals surface area contributed by atoms with Gasteiger partial charge < -0.3 is 10.6 Å². The molecule has 2 amide bonds. The van der Waals surface area contributed by atoms with Gasteiger partial charge in [0.15, 0.2) is 0 Å². The molecule has 1 heterocycles. The Labute approximate surface area is 168 Å². The molecule has 27 heavy (non-hydrogen) atoms. The van der Waals surface area contributed by atoms with Crippen LogP contribution in [-0.4, -0.2) is 34.2 Å². The SMILES string of the molecule is Cc1cc(C)n(CCCNC(=O)[C@H](NC(=O)c2ccccc2Br)C(C)C)n1. The zero-order chi connectivity index (χ0) is 20.0. The van der Waals surface area contributed by atoms with Crippen molar-refractivity contribution in [3.63, 3.8) is 0 Å². The molecule has 0 saturated carbocycles. The van der Waals surface area contributed by atoms with Crippen LogP contribution in [0, 0.1) is 19.8 Å². The van der Waals surface area contributed by atoms with Crippen LogP contribution in [0.1, 0.15) is 42.0 Å². The van der Waals surface area contributed by atoms with Crippen molar-refractivity contribution < 1.29 is 9.59 Å². The molecule has 0 bridgehead atoms. The lowest BCUT2D eigenvalue weighted by Gasteiger charge is -2.22. The van der Waals surface area contributed by atoms with Gasteiger partial charge in [-0.2, -0.15) is 5.10 Å². The molecule has 0 aliphatic carbocycles. The maximum atomic E-state index is 12.6. The van der Waals surface area contributed by atoms with Gasteiger partial charge >= 0.3 is 0 Å². The highest BCUT2D eigenvalue weighted by Crippen LogP contribution is 2.16. The van der Waals surface area contributed by atoms with Crippen LogP contribution in [-0.2, 0) is 11.3 Å². The lowest BCUT2D eigenvalue weighted by Crippen LogP contribution is -2.50. The van der Waals surface area contributed by atoms with E-state index in [4.69, 9.17) is 0 Å². The highest BCUT2D eigenvalue weighted by atomic mass is 79.9. The average Bonchev–Trinajstić information content (AvgIpc) is 2.93. The van der Waals surface area contributed by atoms with Crippen LogP contribution in [0.3, 0.4) is 0 Å². The molecule has 1 aromatic heterocycles. The number of nitrogens with one attached hydrogen (secondary N) is 2. The molecule has 1 aromatic carbocycles. The van der Waals surface area contributed by atoms with E-state index < -0.39 is 6.04 Å². The summed E-state index contributed by atoms with van der Waals surface area (Å²) in [5, 5.41) is 10.2. The van der Waals surface area contributed by atoms with Crippen molar-refractivity contribution in [3.05, 3.63) is 51.8 Å². The number of rotatable bonds is 8. The number of carbonyl (C=O) groups excluding carboxylic acids is 2. The standard InChI is InChI=1S/C20H27BrN4O2/c1-13(2)18(23-19(26)16-8-5-6-9-17(16)21)20(27)22-10-7-11-25-15(4)12-14(3)24-25/h5-6,8-9,12-13,18H,7,10-11H2,1-4H3,(H,22,27)(H,23,26)/t18-/m1/s1. The number of hydrogen-bond acceptors (Lipinski definition) is 3. The zero-order valence-corrected chi connectivity index (χ0v) is 17.8. The molecule has 146 valence electrons. The number of halogens is 1. The van der Waals surface area contributed by atoms with Gasteiger partial charge in [-0.15, -0.1) is 0 Å². The highest BCUT2D eigenvalue weighted by Gasteiger charge is 2.25. The normalized spacial score (nSPS) is 12.1. The second-order valence-electron chi connectivity index (χ2n) is 6.97. The predicted molar refractivity (Wildman–Crippen MR) is 110 cm³/mol. The second-order valence-corrected chi connectivity index (χ2v) is 7.82. The predicted octanol–water partition coefficient (Wildman–Crippen LogP) is 3.22. The summed E-state index contributed by atoms with van der Waals surface area (Å²) < 4.78 is 2.64. The third-order valence-corrected chi connectivity index (χ3v) is 4.99. The van der Waals surface area contributed by atoms with Crippen molar-refractivity contribution in [2.24, 2.45) is 5.92 Å². The van der Waals surface area contributed by atoms with Crippen LogP contribution in [0.5, 0.6) is 0 Å². The lowest BCUT2D eigenvalue weighted by molar-refractivity contribution is -0.123. The number of amides is 2. The minimum absolute atomic E-state index is 0.0209. The molecule has 6 nitrogen and oxygen atoms in total. The van der Waals surface area contributed by atoms with E-state index in [1.54, 1.807) is 18.2 Å². The van der Waals surface area contributed by atoms with Gasteiger partial charge in [0.2, 0.25) is 5.91 Å². The first-order valence-corrected chi connectivity index (χ1v) is 9.93. The monoisotopic (exact) mass is 434 g/mol. The van der Waals surface area contributed by atoms with Gasteiger partial charge in [0.25, 0.3) is 5.91 Å². The Hall–Kier alpha value is -2.15. The van der Waals surface area contributed by atoms with E-state index in [1.807, 2.05) is 44.5 Å². The van der Waals surface area contributed by atoms with E-state index in [1.165, 1.54) is 0 Å². The van der Waals surface area contributed by atoms with E-state index in [0.29, 0.717) is 16.6 Å². The van der Waals surface area contributed by atoms with Crippen molar-refractivity contribution in [3.8, 4) is 0 Å². The van der Waals surface area contributed by atoms with Crippen molar-refractivity contribution in [2.45, 2.75) is 46.7 Å². The van der Waals surface area contributed by atoms with Gasteiger partial charge in [-0.05, 0) is 60.3 Å². The molecule has 0 fully saturated rings. The summed E-state index contributed by atoms with van der Waals surface area (Å²) in [4.78, 5) is 25.1. The van der Waals surface area contributed by atoms with E-state index in [0.717, 1.165) is 24.4 Å². The Morgan fingerprint density at radius 1 is 1.22 bits per heavy atom. The molecule has 2 aromatic rings. The highest BCUT2D eigenvalue weighted by molar-refractivity contribution is 9.10. The van der Waals surface area contributed by atoms with E-state index >= 15 is 0 Å². The molecular weight excluding hydrogens is 408 g/mol. The number of nitrogens with zero attached hydrogens (tertiary/aromatic N) is 2. The molecule has 1 atom stereocenters. The quantitative estimate of drug-likeness (QED) is 0.626. The zero-order valence-electron chi connectivity index (χ0n) is 16.3. The van der Waals surface area contributed by atoms with Crippen molar-refractivity contribution in [2.75, 3.05) is 6.54 Å². The van der Waals surface area contributed by atoms with Gasteiger partial charge in [0.05, 0.1) is 11.3 Å². The van der Waals surface area contributed by atoms with Gasteiger partial charge in [0.1, 0.15) is 6.04 Å². The summed E-state index contributed by atoms with van der Waals surface area (Å²) in [6.07, 6.45) is 0.774. The van der Waals surface area contributed by atoms with Gasteiger partial charge in [-0.3, -0.25) is 14.3 Å². The summed E-state index contributed by atoms with van der Waals surface area (Å²) in [6.45, 7) is 9.10. The molecular formula is C20H27BrN4O2. The molecule has 2 N–H and O–H groups in total. The topological polar surface area (TPSA) is 76.0 Å². The van der Waals surface area contributed by atoms with Gasteiger partial charge in [-0.25, -0.2) is 0 Å². The van der Waals surface area contributed by atoms with Crippen molar-refractivity contribution in [1.82, 2.24) is 20.4 Å². The second kappa shape index (κ2) is 9.69. The smallest absolute Gasteiger partial charge is 0.253 e. The largest absolute Gasteiger partial charge is 0.354 e. The van der Waals surface area contributed by atoms with Crippen molar-refractivity contribution in [1.29, 1.82) is 0 Å². The van der Waals surface area contributed by atoms with E-state index in [2.05, 4.69) is 31.7 Å². The van der Waals surface area contributed by atoms with Crippen LogP contribution in [0.15, 0.2) is 34.8 Å². The Bertz CT molecular complexity index is 801. The van der Waals surface area contributed by atoms with Gasteiger partial charge in [0, 0.05) is 23.3 Å². The molecule has 0 unspecified atom stereocenters. The van der Waals surface area contributed by atoms with Crippen LogP contribution < -0.4 is 10.6 Å².